The smallest absolute Gasteiger partial charge is 0.329 e. The van der Waals surface area contributed by atoms with Crippen molar-refractivity contribution in [1.29, 1.82) is 0 Å². The molecule has 0 heterocycles. The second-order valence-corrected chi connectivity index (χ2v) is 7.24. The molecule has 0 aliphatic rings. The maximum absolute atomic E-state index is 12.3. The lowest BCUT2D eigenvalue weighted by molar-refractivity contribution is -0.760. The van der Waals surface area contributed by atoms with Gasteiger partial charge in [-0.3, -0.25) is 14.4 Å². The first-order chi connectivity index (χ1) is 12.4. The number of hydrogen-bond donors (Lipinski definition) is 2. The van der Waals surface area contributed by atoms with Gasteiger partial charge in [-0.2, -0.15) is 0 Å². The van der Waals surface area contributed by atoms with Gasteiger partial charge in [-0.25, -0.2) is 4.79 Å². The molecule has 2 unspecified atom stereocenters. The second kappa shape index (κ2) is 11.4. The average Bonchev–Trinajstić information content (AvgIpc) is 2.55. The normalized spacial score (nSPS) is 13.1. The largest absolute Gasteiger partial charge is 0.464 e. The first-order valence-corrected chi connectivity index (χ1v) is 9.08. The van der Waals surface area contributed by atoms with Crippen molar-refractivity contribution in [3.05, 3.63) is 10.1 Å². The van der Waals surface area contributed by atoms with Crippen LogP contribution in [0.5, 0.6) is 0 Å². The molecule has 0 aromatic carbocycles. The van der Waals surface area contributed by atoms with Gasteiger partial charge < -0.3 is 20.2 Å². The number of rotatable bonds is 11. The van der Waals surface area contributed by atoms with E-state index in [1.807, 2.05) is 0 Å². The van der Waals surface area contributed by atoms with E-state index in [4.69, 9.17) is 4.74 Å². The molecule has 0 aliphatic carbocycles. The highest BCUT2D eigenvalue weighted by atomic mass is 32.2. The summed E-state index contributed by atoms with van der Waals surface area (Å²) in [4.78, 5) is 62.0. The van der Waals surface area contributed by atoms with Crippen molar-refractivity contribution in [2.24, 2.45) is 5.41 Å². The lowest BCUT2D eigenvalue weighted by atomic mass is 9.93. The van der Waals surface area contributed by atoms with Gasteiger partial charge in [0, 0.05) is 12.7 Å². The highest BCUT2D eigenvalue weighted by Gasteiger charge is 2.33. The lowest BCUT2D eigenvalue weighted by Gasteiger charge is -2.25. The van der Waals surface area contributed by atoms with E-state index in [9.17, 15) is 29.3 Å². The summed E-state index contributed by atoms with van der Waals surface area (Å²) in [6.45, 7) is 6.73. The van der Waals surface area contributed by atoms with Gasteiger partial charge in [-0.15, -0.1) is 10.1 Å². The number of carbonyl (C=O) groups excluding carboxylic acids is 4. The van der Waals surface area contributed by atoms with Crippen molar-refractivity contribution in [3.63, 3.8) is 0 Å². The monoisotopic (exact) mass is 407 g/mol. The molecule has 2 amide bonds. The minimum atomic E-state index is -1.30. The van der Waals surface area contributed by atoms with Crippen molar-refractivity contribution >= 4 is 34.7 Å². The molecule has 0 saturated heterocycles. The second-order valence-electron chi connectivity index (χ2n) is 6.21. The molecular weight excluding hydrogens is 382 g/mol. The summed E-state index contributed by atoms with van der Waals surface area (Å²) in [5.74, 6) is -1.92. The Bertz CT molecular complexity index is 581. The Morgan fingerprint density at radius 2 is 1.81 bits per heavy atom. The predicted molar refractivity (Wildman–Crippen MR) is 96.0 cm³/mol. The summed E-state index contributed by atoms with van der Waals surface area (Å²) in [5.41, 5.74) is -1.30. The highest BCUT2D eigenvalue weighted by Crippen LogP contribution is 2.17. The zero-order valence-corrected chi connectivity index (χ0v) is 16.7. The van der Waals surface area contributed by atoms with Crippen LogP contribution in [-0.2, 0) is 28.8 Å². The summed E-state index contributed by atoms with van der Waals surface area (Å²) in [7, 11) is 0. The third kappa shape index (κ3) is 9.78. The number of carbonyl (C=O) groups is 4. The Kier molecular flexibility index (Phi) is 10.4. The molecule has 11 nitrogen and oxygen atoms in total. The molecular formula is C15H25N3O8S. The Labute approximate surface area is 161 Å². The fraction of sp³-hybridized carbons (Fsp3) is 0.733. The maximum atomic E-state index is 12.3. The zero-order valence-electron chi connectivity index (χ0n) is 15.9. The minimum Gasteiger partial charge on any atom is -0.464 e. The molecule has 0 spiro atoms. The standard InChI is InChI=1S/C15H25N3O8S/c1-6-25-12(20)11(7-27-13(21)9(2)16-10(3)19)17-14(22)15(4,5)8-26-18(23)24/h9,11H,6-8H2,1-5H3,(H,16,19)(H,17,22). The summed E-state index contributed by atoms with van der Waals surface area (Å²) < 4.78 is 4.89. The SMILES string of the molecule is CCOC(=O)C(CSC(=O)C(C)NC(C)=O)NC(=O)C(C)(C)CO[N+](=O)[O-]. The van der Waals surface area contributed by atoms with Crippen LogP contribution in [-0.4, -0.2) is 59.0 Å². The Morgan fingerprint density at radius 1 is 1.22 bits per heavy atom. The van der Waals surface area contributed by atoms with Crippen LogP contribution in [0.15, 0.2) is 0 Å². The van der Waals surface area contributed by atoms with E-state index >= 15 is 0 Å². The molecule has 0 radical (unpaired) electrons. The van der Waals surface area contributed by atoms with Crippen molar-refractivity contribution in [3.8, 4) is 0 Å². The lowest BCUT2D eigenvalue weighted by Crippen LogP contribution is -2.50. The number of nitrogens with one attached hydrogen (secondary N) is 2. The molecule has 0 fully saturated rings. The van der Waals surface area contributed by atoms with Crippen molar-refractivity contribution in [1.82, 2.24) is 10.6 Å². The van der Waals surface area contributed by atoms with E-state index in [2.05, 4.69) is 15.5 Å². The third-order valence-electron chi connectivity index (χ3n) is 3.19. The van der Waals surface area contributed by atoms with Crippen LogP contribution in [0, 0.1) is 15.5 Å². The molecule has 12 heteroatoms. The van der Waals surface area contributed by atoms with Crippen LogP contribution in [0.4, 0.5) is 0 Å². The number of hydrogen-bond acceptors (Lipinski definition) is 9. The van der Waals surface area contributed by atoms with Crippen molar-refractivity contribution in [2.45, 2.75) is 46.7 Å². The number of nitrogens with zero attached hydrogens (tertiary/aromatic N) is 1. The number of ether oxygens (including phenoxy) is 1. The van der Waals surface area contributed by atoms with Crippen LogP contribution in [0.25, 0.3) is 0 Å². The highest BCUT2D eigenvalue weighted by molar-refractivity contribution is 8.13. The Morgan fingerprint density at radius 3 is 2.30 bits per heavy atom. The quantitative estimate of drug-likeness (QED) is 0.275. The van der Waals surface area contributed by atoms with Crippen LogP contribution in [0.3, 0.4) is 0 Å². The molecule has 0 aromatic rings. The van der Waals surface area contributed by atoms with Crippen LogP contribution in [0.2, 0.25) is 0 Å². The predicted octanol–water partition coefficient (Wildman–Crippen LogP) is 0.0532. The van der Waals surface area contributed by atoms with E-state index < -0.39 is 46.2 Å². The molecule has 27 heavy (non-hydrogen) atoms. The first kappa shape index (κ1) is 24.6. The Balaban J connectivity index is 4.97. The summed E-state index contributed by atoms with van der Waals surface area (Å²) >= 11 is 0.751. The van der Waals surface area contributed by atoms with Gasteiger partial charge in [0.05, 0.1) is 18.1 Å². The van der Waals surface area contributed by atoms with Gasteiger partial charge in [0.25, 0.3) is 5.09 Å². The summed E-state index contributed by atoms with van der Waals surface area (Å²) in [6.07, 6.45) is 0. The van der Waals surface area contributed by atoms with Crippen LogP contribution in [0.1, 0.15) is 34.6 Å². The molecule has 0 aliphatic heterocycles. The van der Waals surface area contributed by atoms with Gasteiger partial charge in [0.2, 0.25) is 16.9 Å². The molecule has 0 aromatic heterocycles. The molecule has 154 valence electrons. The van der Waals surface area contributed by atoms with E-state index in [0.29, 0.717) is 0 Å². The third-order valence-corrected chi connectivity index (χ3v) is 4.33. The van der Waals surface area contributed by atoms with Gasteiger partial charge >= 0.3 is 5.97 Å². The maximum Gasteiger partial charge on any atom is 0.329 e. The summed E-state index contributed by atoms with van der Waals surface area (Å²) in [5, 5.41) is 13.7. The zero-order chi connectivity index (χ0) is 21.2. The van der Waals surface area contributed by atoms with Crippen LogP contribution < -0.4 is 10.6 Å². The molecule has 2 N–H and O–H groups in total. The topological polar surface area (TPSA) is 154 Å². The van der Waals surface area contributed by atoms with Crippen molar-refractivity contribution < 1.29 is 33.8 Å². The molecule has 0 bridgehead atoms. The summed E-state index contributed by atoms with van der Waals surface area (Å²) in [6, 6.07) is -1.92. The molecule has 0 saturated carbocycles. The Hall–Kier alpha value is -2.37. The minimum absolute atomic E-state index is 0.0694. The van der Waals surface area contributed by atoms with Gasteiger partial charge in [0.1, 0.15) is 12.6 Å². The van der Waals surface area contributed by atoms with E-state index in [1.54, 1.807) is 6.92 Å². The van der Waals surface area contributed by atoms with Gasteiger partial charge in [-0.1, -0.05) is 11.8 Å². The van der Waals surface area contributed by atoms with Gasteiger partial charge in [-0.05, 0) is 27.7 Å². The van der Waals surface area contributed by atoms with E-state index in [1.165, 1.54) is 27.7 Å². The number of amides is 2. The average molecular weight is 407 g/mol. The number of esters is 1. The van der Waals surface area contributed by atoms with E-state index in [0.717, 1.165) is 11.8 Å². The molecule has 0 rings (SSSR count). The number of thioether (sulfide) groups is 1. The fourth-order valence-electron chi connectivity index (χ4n) is 1.70. The van der Waals surface area contributed by atoms with Crippen molar-refractivity contribution in [2.75, 3.05) is 19.0 Å². The van der Waals surface area contributed by atoms with Crippen LogP contribution >= 0.6 is 11.8 Å². The first-order valence-electron chi connectivity index (χ1n) is 8.09. The fourth-order valence-corrected chi connectivity index (χ4v) is 2.56. The van der Waals surface area contributed by atoms with E-state index in [-0.39, 0.29) is 18.3 Å². The van der Waals surface area contributed by atoms with Gasteiger partial charge in [0.15, 0.2) is 0 Å². The molecule has 2 atom stereocenters.